The summed E-state index contributed by atoms with van der Waals surface area (Å²) < 4.78 is 7.42. The van der Waals surface area contributed by atoms with Gasteiger partial charge in [0.25, 0.3) is 5.91 Å². The summed E-state index contributed by atoms with van der Waals surface area (Å²) in [6.07, 6.45) is 5.25. The van der Waals surface area contributed by atoms with Crippen LogP contribution in [0.5, 0.6) is 0 Å². The maximum Gasteiger partial charge on any atom is 0.340 e. The van der Waals surface area contributed by atoms with Crippen LogP contribution in [0.25, 0.3) is 0 Å². The van der Waals surface area contributed by atoms with Crippen molar-refractivity contribution in [2.45, 2.75) is 77.5 Å². The summed E-state index contributed by atoms with van der Waals surface area (Å²) in [5, 5.41) is 5.03. The van der Waals surface area contributed by atoms with Crippen molar-refractivity contribution in [1.82, 2.24) is 15.2 Å². The van der Waals surface area contributed by atoms with E-state index in [-0.39, 0.29) is 6.04 Å². The van der Waals surface area contributed by atoms with Gasteiger partial charge < -0.3 is 14.6 Å². The van der Waals surface area contributed by atoms with E-state index in [0.29, 0.717) is 11.6 Å². The molecule has 2 saturated carbocycles. The number of hydrogen-bond donors (Lipinski definition) is 2. The zero-order valence-corrected chi connectivity index (χ0v) is 15.6. The van der Waals surface area contributed by atoms with Crippen molar-refractivity contribution in [2.24, 2.45) is 0 Å². The van der Waals surface area contributed by atoms with Crippen molar-refractivity contribution < 1.29 is 19.1 Å². The van der Waals surface area contributed by atoms with Gasteiger partial charge >= 0.3 is 12.0 Å². The van der Waals surface area contributed by atoms with E-state index in [4.69, 9.17) is 4.74 Å². The molecule has 0 unspecified atom stereocenters. The minimum absolute atomic E-state index is 0.119. The van der Waals surface area contributed by atoms with Gasteiger partial charge in [0, 0.05) is 23.5 Å². The van der Waals surface area contributed by atoms with Gasteiger partial charge in [0.05, 0.1) is 5.56 Å². The maximum atomic E-state index is 12.4. The van der Waals surface area contributed by atoms with Gasteiger partial charge in [0.1, 0.15) is 0 Å². The molecule has 2 fully saturated rings. The fourth-order valence-electron chi connectivity index (χ4n) is 3.66. The van der Waals surface area contributed by atoms with E-state index in [1.54, 1.807) is 6.07 Å². The topological polar surface area (TPSA) is 89.4 Å². The molecule has 2 N–H and O–H groups in total. The summed E-state index contributed by atoms with van der Waals surface area (Å²) in [6, 6.07) is 1.86. The average Bonchev–Trinajstić information content (AvgIpc) is 3.18. The molecule has 2 aliphatic carbocycles. The van der Waals surface area contributed by atoms with Gasteiger partial charge in [-0.3, -0.25) is 10.1 Å². The van der Waals surface area contributed by atoms with Crippen LogP contribution >= 0.6 is 0 Å². The molecule has 7 heteroatoms. The number of hydrogen-bond acceptors (Lipinski definition) is 4. The number of ether oxygens (including phenoxy) is 1. The van der Waals surface area contributed by atoms with Gasteiger partial charge in [-0.1, -0.05) is 12.8 Å². The lowest BCUT2D eigenvalue weighted by atomic mass is 10.2. The summed E-state index contributed by atoms with van der Waals surface area (Å²) in [5.41, 5.74) is 2.36. The van der Waals surface area contributed by atoms with Gasteiger partial charge in [0.15, 0.2) is 6.10 Å². The number of amides is 3. The Kier molecular flexibility index (Phi) is 5.34. The molecular formula is C19H27N3O4. The summed E-state index contributed by atoms with van der Waals surface area (Å²) in [6.45, 7) is 5.32. The average molecular weight is 361 g/mol. The molecule has 0 radical (unpaired) electrons. The molecule has 0 aromatic carbocycles. The predicted molar refractivity (Wildman–Crippen MR) is 96.0 cm³/mol. The lowest BCUT2D eigenvalue weighted by molar-refractivity contribution is -0.127. The molecule has 1 aromatic rings. The van der Waals surface area contributed by atoms with Crippen molar-refractivity contribution in [2.75, 3.05) is 0 Å². The van der Waals surface area contributed by atoms with Crippen molar-refractivity contribution in [3.05, 3.63) is 23.0 Å². The number of imide groups is 1. The minimum atomic E-state index is -1.04. The van der Waals surface area contributed by atoms with Gasteiger partial charge in [0.2, 0.25) is 0 Å². The van der Waals surface area contributed by atoms with Crippen LogP contribution in [0.4, 0.5) is 4.79 Å². The minimum Gasteiger partial charge on any atom is -0.449 e. The Labute approximate surface area is 153 Å². The highest BCUT2D eigenvalue weighted by Crippen LogP contribution is 2.38. The number of nitrogens with zero attached hydrogens (tertiary/aromatic N) is 1. The van der Waals surface area contributed by atoms with E-state index in [0.717, 1.165) is 49.9 Å². The number of carbonyl (C=O) groups is 3. The molecule has 142 valence electrons. The van der Waals surface area contributed by atoms with Crippen LogP contribution in [-0.2, 0) is 9.53 Å². The fraction of sp³-hybridized carbons (Fsp3) is 0.632. The molecule has 7 nitrogen and oxygen atoms in total. The first kappa shape index (κ1) is 18.5. The molecule has 0 spiro atoms. The van der Waals surface area contributed by atoms with Crippen LogP contribution < -0.4 is 10.6 Å². The zero-order chi connectivity index (χ0) is 18.8. The Morgan fingerprint density at radius 2 is 1.81 bits per heavy atom. The third kappa shape index (κ3) is 4.08. The van der Waals surface area contributed by atoms with Gasteiger partial charge in [-0.2, -0.15) is 0 Å². The fourth-order valence-corrected chi connectivity index (χ4v) is 3.66. The van der Waals surface area contributed by atoms with Crippen molar-refractivity contribution >= 4 is 17.9 Å². The summed E-state index contributed by atoms with van der Waals surface area (Å²) in [7, 11) is 0. The number of urea groups is 1. The largest absolute Gasteiger partial charge is 0.449 e. The first-order valence-corrected chi connectivity index (χ1v) is 9.37. The molecule has 1 aromatic heterocycles. The number of rotatable bonds is 5. The molecule has 3 amide bonds. The van der Waals surface area contributed by atoms with Crippen molar-refractivity contribution in [3.8, 4) is 0 Å². The Hall–Kier alpha value is -2.31. The molecule has 26 heavy (non-hydrogen) atoms. The first-order valence-electron chi connectivity index (χ1n) is 9.37. The second kappa shape index (κ2) is 7.51. The number of aromatic nitrogens is 1. The van der Waals surface area contributed by atoms with Crippen LogP contribution in [0.3, 0.4) is 0 Å². The molecule has 0 bridgehead atoms. The van der Waals surface area contributed by atoms with Crippen LogP contribution in [0.1, 0.15) is 73.2 Å². The number of esters is 1. The molecule has 0 saturated heterocycles. The second-order valence-corrected chi connectivity index (χ2v) is 7.38. The number of aryl methyl sites for hydroxylation is 1. The number of nitrogens with one attached hydrogen (secondary N) is 2. The Bertz CT molecular complexity index is 715. The van der Waals surface area contributed by atoms with E-state index < -0.39 is 24.0 Å². The zero-order valence-electron chi connectivity index (χ0n) is 15.6. The third-order valence-corrected chi connectivity index (χ3v) is 5.20. The highest BCUT2D eigenvalue weighted by molar-refractivity contribution is 5.98. The second-order valence-electron chi connectivity index (χ2n) is 7.38. The highest BCUT2D eigenvalue weighted by atomic mass is 16.5. The third-order valence-electron chi connectivity index (χ3n) is 5.20. The van der Waals surface area contributed by atoms with Crippen LogP contribution in [0.2, 0.25) is 0 Å². The molecule has 1 atom stereocenters. The quantitative estimate of drug-likeness (QED) is 0.789. The molecular weight excluding hydrogens is 334 g/mol. The smallest absolute Gasteiger partial charge is 0.340 e. The first-order chi connectivity index (χ1) is 12.4. The van der Waals surface area contributed by atoms with Crippen LogP contribution in [0.15, 0.2) is 6.07 Å². The summed E-state index contributed by atoms with van der Waals surface area (Å²) in [5.74, 6) is -1.16. The Morgan fingerprint density at radius 3 is 2.42 bits per heavy atom. The van der Waals surface area contributed by atoms with Gasteiger partial charge in [-0.15, -0.1) is 0 Å². The lowest BCUT2D eigenvalue weighted by Gasteiger charge is -2.15. The molecule has 2 aliphatic rings. The van der Waals surface area contributed by atoms with E-state index in [9.17, 15) is 14.4 Å². The predicted octanol–water partition coefficient (Wildman–Crippen LogP) is 2.75. The van der Waals surface area contributed by atoms with Crippen molar-refractivity contribution in [1.29, 1.82) is 0 Å². The summed E-state index contributed by atoms with van der Waals surface area (Å²) >= 11 is 0. The molecule has 1 heterocycles. The van der Waals surface area contributed by atoms with Crippen LogP contribution in [-0.4, -0.2) is 34.6 Å². The normalized spacial score (nSPS) is 18.4. The summed E-state index contributed by atoms with van der Waals surface area (Å²) in [4.78, 5) is 36.4. The lowest BCUT2D eigenvalue weighted by Crippen LogP contribution is -2.47. The SMILES string of the molecule is Cc1cc(C(=O)O[C@@H](C)C(=O)NC(=O)NC2CCCC2)c(C)n1C1CC1. The molecule has 3 rings (SSSR count). The van der Waals surface area contributed by atoms with E-state index in [1.165, 1.54) is 6.92 Å². The maximum absolute atomic E-state index is 12.4. The van der Waals surface area contributed by atoms with E-state index in [2.05, 4.69) is 15.2 Å². The van der Waals surface area contributed by atoms with Gasteiger partial charge in [-0.25, -0.2) is 9.59 Å². The Morgan fingerprint density at radius 1 is 1.15 bits per heavy atom. The highest BCUT2D eigenvalue weighted by Gasteiger charge is 2.30. The van der Waals surface area contributed by atoms with Crippen LogP contribution in [0, 0.1) is 13.8 Å². The standard InChI is InChI=1S/C19H27N3O4/c1-11-10-16(12(2)22(11)15-8-9-15)18(24)26-13(3)17(23)21-19(25)20-14-6-4-5-7-14/h10,13-15H,4-9H2,1-3H3,(H2,20,21,23,25)/t13-/m0/s1. The van der Waals surface area contributed by atoms with E-state index in [1.807, 2.05) is 13.8 Å². The molecule has 0 aliphatic heterocycles. The number of carbonyl (C=O) groups excluding carboxylic acids is 3. The van der Waals surface area contributed by atoms with Gasteiger partial charge in [-0.05, 0) is 52.5 Å². The van der Waals surface area contributed by atoms with E-state index >= 15 is 0 Å². The monoisotopic (exact) mass is 361 g/mol. The van der Waals surface area contributed by atoms with Crippen molar-refractivity contribution in [3.63, 3.8) is 0 Å². The Balaban J connectivity index is 1.54.